The molecule has 1 unspecified atom stereocenters. The molecule has 0 spiro atoms. The highest BCUT2D eigenvalue weighted by molar-refractivity contribution is 5.89. The van der Waals surface area contributed by atoms with E-state index in [0.717, 1.165) is 24.8 Å². The van der Waals surface area contributed by atoms with Crippen LogP contribution in [0.4, 0.5) is 0 Å². The Labute approximate surface area is 147 Å². The van der Waals surface area contributed by atoms with Gasteiger partial charge < -0.3 is 10.0 Å². The lowest BCUT2D eigenvalue weighted by molar-refractivity contribution is -0.136. The molecule has 1 aromatic heterocycles. The molecule has 0 saturated carbocycles. The topological polar surface area (TPSA) is 75.4 Å². The first-order chi connectivity index (χ1) is 12.1. The van der Waals surface area contributed by atoms with Crippen LogP contribution in [-0.4, -0.2) is 44.8 Å². The summed E-state index contributed by atoms with van der Waals surface area (Å²) >= 11 is 0. The molecule has 1 aliphatic rings. The second-order valence-corrected chi connectivity index (χ2v) is 6.60. The van der Waals surface area contributed by atoms with Gasteiger partial charge in [-0.1, -0.05) is 18.2 Å². The number of amides is 1. The SMILES string of the molecule is CC(C(=O)N1CCC(Cc2ccccc2C(=O)O)CC1)n1cccn1. The van der Waals surface area contributed by atoms with Crippen molar-refractivity contribution in [1.82, 2.24) is 14.7 Å². The average molecular weight is 341 g/mol. The summed E-state index contributed by atoms with van der Waals surface area (Å²) in [5, 5.41) is 13.4. The predicted molar refractivity (Wildman–Crippen MR) is 93.3 cm³/mol. The zero-order chi connectivity index (χ0) is 17.8. The zero-order valence-electron chi connectivity index (χ0n) is 14.3. The summed E-state index contributed by atoms with van der Waals surface area (Å²) in [6, 6.07) is 8.70. The van der Waals surface area contributed by atoms with Gasteiger partial charge in [0.15, 0.2) is 0 Å². The minimum Gasteiger partial charge on any atom is -0.478 e. The quantitative estimate of drug-likeness (QED) is 0.907. The maximum absolute atomic E-state index is 12.6. The Morgan fingerprint density at radius 1 is 1.24 bits per heavy atom. The summed E-state index contributed by atoms with van der Waals surface area (Å²) in [6.07, 6.45) is 6.02. The molecule has 6 heteroatoms. The van der Waals surface area contributed by atoms with Crippen LogP contribution in [0.1, 0.15) is 41.7 Å². The van der Waals surface area contributed by atoms with Crippen molar-refractivity contribution in [3.8, 4) is 0 Å². The lowest BCUT2D eigenvalue weighted by atomic mass is 9.88. The minimum absolute atomic E-state index is 0.0908. The van der Waals surface area contributed by atoms with E-state index >= 15 is 0 Å². The van der Waals surface area contributed by atoms with E-state index in [4.69, 9.17) is 0 Å². The number of hydrogen-bond donors (Lipinski definition) is 1. The Morgan fingerprint density at radius 2 is 1.96 bits per heavy atom. The molecule has 0 radical (unpaired) electrons. The first kappa shape index (κ1) is 17.2. The number of likely N-dealkylation sites (tertiary alicyclic amines) is 1. The maximum atomic E-state index is 12.6. The van der Waals surface area contributed by atoms with E-state index in [2.05, 4.69) is 5.10 Å². The van der Waals surface area contributed by atoms with Crippen LogP contribution in [0, 0.1) is 5.92 Å². The van der Waals surface area contributed by atoms with Gasteiger partial charge in [-0.15, -0.1) is 0 Å². The van der Waals surface area contributed by atoms with E-state index in [1.54, 1.807) is 29.2 Å². The molecule has 2 heterocycles. The molecule has 132 valence electrons. The number of nitrogens with zero attached hydrogens (tertiary/aromatic N) is 3. The zero-order valence-corrected chi connectivity index (χ0v) is 14.3. The normalized spacial score (nSPS) is 16.6. The molecule has 6 nitrogen and oxygen atoms in total. The lowest BCUT2D eigenvalue weighted by Crippen LogP contribution is -2.42. The second-order valence-electron chi connectivity index (χ2n) is 6.60. The molecular formula is C19H23N3O3. The van der Waals surface area contributed by atoms with Crippen molar-refractivity contribution in [2.24, 2.45) is 5.92 Å². The van der Waals surface area contributed by atoms with Gasteiger partial charge >= 0.3 is 5.97 Å². The Kier molecular flexibility index (Phi) is 5.16. The van der Waals surface area contributed by atoms with Crippen LogP contribution in [0.5, 0.6) is 0 Å². The number of carboxylic acid groups (broad SMARTS) is 1. The molecule has 1 aliphatic heterocycles. The molecule has 1 aromatic carbocycles. The molecule has 3 rings (SSSR count). The molecule has 25 heavy (non-hydrogen) atoms. The highest BCUT2D eigenvalue weighted by Gasteiger charge is 2.27. The number of piperidine rings is 1. The molecule has 1 amide bonds. The van der Waals surface area contributed by atoms with Crippen molar-refractivity contribution < 1.29 is 14.7 Å². The lowest BCUT2D eigenvalue weighted by Gasteiger charge is -2.33. The molecule has 1 atom stereocenters. The fraction of sp³-hybridized carbons (Fsp3) is 0.421. The van der Waals surface area contributed by atoms with Gasteiger partial charge in [-0.05, 0) is 49.8 Å². The van der Waals surface area contributed by atoms with Gasteiger partial charge in [0.2, 0.25) is 5.91 Å². The van der Waals surface area contributed by atoms with Crippen molar-refractivity contribution >= 4 is 11.9 Å². The molecule has 1 saturated heterocycles. The molecule has 2 aromatic rings. The van der Waals surface area contributed by atoms with Gasteiger partial charge in [0, 0.05) is 25.5 Å². The van der Waals surface area contributed by atoms with Crippen molar-refractivity contribution in [2.45, 2.75) is 32.2 Å². The second kappa shape index (κ2) is 7.51. The van der Waals surface area contributed by atoms with Crippen LogP contribution in [-0.2, 0) is 11.2 Å². The van der Waals surface area contributed by atoms with Crippen molar-refractivity contribution in [3.05, 3.63) is 53.9 Å². The third-order valence-electron chi connectivity index (χ3n) is 4.96. The highest BCUT2D eigenvalue weighted by Crippen LogP contribution is 2.25. The number of benzene rings is 1. The Hall–Kier alpha value is -2.63. The first-order valence-electron chi connectivity index (χ1n) is 8.65. The summed E-state index contributed by atoms with van der Waals surface area (Å²) in [6.45, 7) is 3.29. The van der Waals surface area contributed by atoms with Gasteiger partial charge in [-0.25, -0.2) is 4.79 Å². The molecule has 0 bridgehead atoms. The predicted octanol–water partition coefficient (Wildman–Crippen LogP) is 2.62. The molecule has 1 N–H and O–H groups in total. The maximum Gasteiger partial charge on any atom is 0.335 e. The number of rotatable bonds is 5. The standard InChI is InChI=1S/C19H23N3O3/c1-14(22-10-4-9-20-22)18(23)21-11-7-15(8-12-21)13-16-5-2-3-6-17(16)19(24)25/h2-6,9-10,14-15H,7-8,11-13H2,1H3,(H,24,25). The first-order valence-corrected chi connectivity index (χ1v) is 8.65. The van der Waals surface area contributed by atoms with Crippen LogP contribution in [0.25, 0.3) is 0 Å². The van der Waals surface area contributed by atoms with Crippen LogP contribution >= 0.6 is 0 Å². The summed E-state index contributed by atoms with van der Waals surface area (Å²) in [5.41, 5.74) is 1.26. The Balaban J connectivity index is 1.57. The smallest absolute Gasteiger partial charge is 0.335 e. The van der Waals surface area contributed by atoms with Crippen LogP contribution in [0.3, 0.4) is 0 Å². The summed E-state index contributed by atoms with van der Waals surface area (Å²) in [7, 11) is 0. The van der Waals surface area contributed by atoms with E-state index < -0.39 is 5.97 Å². The van der Waals surface area contributed by atoms with Gasteiger partial charge in [-0.2, -0.15) is 5.10 Å². The van der Waals surface area contributed by atoms with E-state index in [9.17, 15) is 14.7 Å². The number of aromatic nitrogens is 2. The van der Waals surface area contributed by atoms with E-state index in [1.807, 2.05) is 30.0 Å². The number of hydrogen-bond acceptors (Lipinski definition) is 3. The summed E-state index contributed by atoms with van der Waals surface area (Å²) in [5.74, 6) is -0.381. The van der Waals surface area contributed by atoms with Crippen molar-refractivity contribution in [2.75, 3.05) is 13.1 Å². The number of carboxylic acids is 1. The van der Waals surface area contributed by atoms with Crippen LogP contribution in [0.15, 0.2) is 42.7 Å². The van der Waals surface area contributed by atoms with Gasteiger partial charge in [0.05, 0.1) is 5.56 Å². The average Bonchev–Trinajstić information content (AvgIpc) is 3.16. The number of carbonyl (C=O) groups excluding carboxylic acids is 1. The highest BCUT2D eigenvalue weighted by atomic mass is 16.4. The van der Waals surface area contributed by atoms with Crippen molar-refractivity contribution in [1.29, 1.82) is 0 Å². The number of carbonyl (C=O) groups is 2. The fourth-order valence-corrected chi connectivity index (χ4v) is 3.46. The largest absolute Gasteiger partial charge is 0.478 e. The fourth-order valence-electron chi connectivity index (χ4n) is 3.46. The van der Waals surface area contributed by atoms with Gasteiger partial charge in [-0.3, -0.25) is 9.48 Å². The number of aromatic carboxylic acids is 1. The Morgan fingerprint density at radius 3 is 2.60 bits per heavy atom. The van der Waals surface area contributed by atoms with E-state index in [1.165, 1.54) is 0 Å². The van der Waals surface area contributed by atoms with Crippen molar-refractivity contribution in [3.63, 3.8) is 0 Å². The van der Waals surface area contributed by atoms with Gasteiger partial charge in [0.25, 0.3) is 0 Å². The molecule has 0 aliphatic carbocycles. The summed E-state index contributed by atoms with van der Waals surface area (Å²) in [4.78, 5) is 25.8. The third-order valence-corrected chi connectivity index (χ3v) is 4.96. The van der Waals surface area contributed by atoms with E-state index in [-0.39, 0.29) is 11.9 Å². The molecular weight excluding hydrogens is 318 g/mol. The minimum atomic E-state index is -0.878. The van der Waals surface area contributed by atoms with Crippen LogP contribution in [0.2, 0.25) is 0 Å². The Bertz CT molecular complexity index is 734. The monoisotopic (exact) mass is 341 g/mol. The third kappa shape index (κ3) is 3.90. The summed E-state index contributed by atoms with van der Waals surface area (Å²) < 4.78 is 1.68. The van der Waals surface area contributed by atoms with Gasteiger partial charge in [0.1, 0.15) is 6.04 Å². The van der Waals surface area contributed by atoms with Crippen LogP contribution < -0.4 is 0 Å². The molecule has 1 fully saturated rings. The van der Waals surface area contributed by atoms with E-state index in [0.29, 0.717) is 24.6 Å².